The lowest BCUT2D eigenvalue weighted by molar-refractivity contribution is -0.141. The molecule has 180 valence electrons. The molecule has 2 amide bonds. The number of carbonyl (C=O) groups excluding carboxylic acids is 2. The number of nitrogens with zero attached hydrogens (tertiary/aromatic N) is 1. The van der Waals surface area contributed by atoms with Crippen LogP contribution in [0.15, 0.2) is 71.2 Å². The molecule has 2 aliphatic heterocycles. The molecule has 2 N–H and O–H groups in total. The number of benzene rings is 3. The molecule has 0 radical (unpaired) electrons. The van der Waals surface area contributed by atoms with Crippen molar-refractivity contribution in [3.8, 4) is 0 Å². The maximum absolute atomic E-state index is 14.2. The molecule has 0 aromatic heterocycles. The number of halogens is 3. The Bertz CT molecular complexity index is 1290. The molecule has 2 heterocycles. The third-order valence-corrected chi connectivity index (χ3v) is 7.29. The number of hydrogen-bond acceptors (Lipinski definition) is 4. The number of hydrogen-bond donors (Lipinski definition) is 2. The van der Waals surface area contributed by atoms with Crippen LogP contribution >= 0.6 is 27.5 Å². The molecular formula is C26H22BrClFN3O3. The van der Waals surface area contributed by atoms with Gasteiger partial charge in [-0.2, -0.15) is 5.48 Å². The lowest BCUT2D eigenvalue weighted by Gasteiger charge is -2.34. The van der Waals surface area contributed by atoms with Crippen LogP contribution < -0.4 is 10.8 Å². The number of carbonyl (C=O) groups is 2. The molecule has 1 fully saturated rings. The molecule has 4 atom stereocenters. The first-order chi connectivity index (χ1) is 16.8. The van der Waals surface area contributed by atoms with Crippen LogP contribution in [0.4, 0.5) is 10.1 Å². The quantitative estimate of drug-likeness (QED) is 0.452. The highest BCUT2D eigenvalue weighted by Gasteiger charge is 2.46. The van der Waals surface area contributed by atoms with Gasteiger partial charge >= 0.3 is 0 Å². The van der Waals surface area contributed by atoms with Crippen LogP contribution in [0.3, 0.4) is 0 Å². The van der Waals surface area contributed by atoms with Crippen LogP contribution in [0, 0.1) is 11.7 Å². The average Bonchev–Trinajstić information content (AvgIpc) is 3.15. The van der Waals surface area contributed by atoms with Crippen molar-refractivity contribution >= 4 is 45.0 Å². The lowest BCUT2D eigenvalue weighted by Crippen LogP contribution is -2.45. The van der Waals surface area contributed by atoms with E-state index in [1.807, 2.05) is 37.3 Å². The van der Waals surface area contributed by atoms with Crippen molar-refractivity contribution in [1.29, 1.82) is 0 Å². The minimum absolute atomic E-state index is 0.175. The minimum Gasteiger partial charge on any atom is -0.324 e. The summed E-state index contributed by atoms with van der Waals surface area (Å²) in [6, 6.07) is 17.6. The minimum atomic E-state index is -0.653. The summed E-state index contributed by atoms with van der Waals surface area (Å²) in [5.74, 6) is -1.63. The SMILES string of the molecule is CC1ONC(c2ccccc2Cl)C1C(=O)N1CC(=O)Nc2ccc(Br)cc2C1c1ccc(F)cc1. The van der Waals surface area contributed by atoms with E-state index in [1.54, 1.807) is 29.2 Å². The van der Waals surface area contributed by atoms with Crippen LogP contribution in [0.1, 0.15) is 35.7 Å². The van der Waals surface area contributed by atoms with E-state index in [2.05, 4.69) is 26.7 Å². The van der Waals surface area contributed by atoms with Gasteiger partial charge < -0.3 is 10.2 Å². The summed E-state index contributed by atoms with van der Waals surface area (Å²) in [6.45, 7) is 1.63. The Labute approximate surface area is 215 Å². The highest BCUT2D eigenvalue weighted by atomic mass is 79.9. The third kappa shape index (κ3) is 4.59. The molecule has 3 aromatic rings. The van der Waals surface area contributed by atoms with Crippen LogP contribution in [-0.2, 0) is 14.4 Å². The first kappa shape index (κ1) is 23.9. The van der Waals surface area contributed by atoms with Gasteiger partial charge in [0.15, 0.2) is 0 Å². The highest BCUT2D eigenvalue weighted by Crippen LogP contribution is 2.42. The molecule has 3 aromatic carbocycles. The zero-order valence-electron chi connectivity index (χ0n) is 18.7. The van der Waals surface area contributed by atoms with E-state index in [9.17, 15) is 14.0 Å². The van der Waals surface area contributed by atoms with Crippen LogP contribution in [-0.4, -0.2) is 29.4 Å². The number of nitrogens with one attached hydrogen (secondary N) is 2. The number of amides is 2. The summed E-state index contributed by atoms with van der Waals surface area (Å²) in [5, 5.41) is 3.42. The average molecular weight is 559 g/mol. The predicted octanol–water partition coefficient (Wildman–Crippen LogP) is 5.39. The van der Waals surface area contributed by atoms with E-state index in [4.69, 9.17) is 16.4 Å². The van der Waals surface area contributed by atoms with Crippen LogP contribution in [0.5, 0.6) is 0 Å². The fourth-order valence-corrected chi connectivity index (χ4v) is 5.44. The normalized spacial score (nSPS) is 24.0. The zero-order valence-corrected chi connectivity index (χ0v) is 21.0. The van der Waals surface area contributed by atoms with Gasteiger partial charge in [0.2, 0.25) is 11.8 Å². The van der Waals surface area contributed by atoms with Crippen molar-refractivity contribution in [3.63, 3.8) is 0 Å². The second-order valence-electron chi connectivity index (χ2n) is 8.67. The smallest absolute Gasteiger partial charge is 0.244 e. The number of fused-ring (bicyclic) bond motifs is 1. The summed E-state index contributed by atoms with van der Waals surface area (Å²) in [7, 11) is 0. The summed E-state index contributed by atoms with van der Waals surface area (Å²) >= 11 is 9.96. The Morgan fingerprint density at radius 3 is 2.60 bits per heavy atom. The molecule has 0 saturated carbocycles. The van der Waals surface area contributed by atoms with Gasteiger partial charge in [0.1, 0.15) is 12.4 Å². The molecular weight excluding hydrogens is 537 g/mol. The Morgan fingerprint density at radius 2 is 1.86 bits per heavy atom. The molecule has 0 bridgehead atoms. The summed E-state index contributed by atoms with van der Waals surface area (Å²) in [5.41, 5.74) is 5.70. The van der Waals surface area contributed by atoms with E-state index in [0.717, 1.165) is 15.6 Å². The van der Waals surface area contributed by atoms with Crippen LogP contribution in [0.2, 0.25) is 5.02 Å². The predicted molar refractivity (Wildman–Crippen MR) is 134 cm³/mol. The van der Waals surface area contributed by atoms with E-state index < -0.39 is 24.1 Å². The number of hydroxylamine groups is 1. The Morgan fingerprint density at radius 1 is 1.11 bits per heavy atom. The lowest BCUT2D eigenvalue weighted by atomic mass is 9.87. The summed E-state index contributed by atoms with van der Waals surface area (Å²) in [6.07, 6.45) is -0.481. The van der Waals surface area contributed by atoms with Gasteiger partial charge in [-0.3, -0.25) is 14.4 Å². The van der Waals surface area contributed by atoms with Gasteiger partial charge in [-0.05, 0) is 54.4 Å². The van der Waals surface area contributed by atoms with Gasteiger partial charge in [-0.1, -0.05) is 57.9 Å². The van der Waals surface area contributed by atoms with Gasteiger partial charge in [0, 0.05) is 20.7 Å². The van der Waals surface area contributed by atoms with Crippen molar-refractivity contribution in [2.75, 3.05) is 11.9 Å². The Balaban J connectivity index is 1.62. The molecule has 2 aliphatic rings. The molecule has 4 unspecified atom stereocenters. The standard InChI is InChI=1S/C26H22BrClFN3O3/c1-14-23(24(31-35-14)18-4-2-3-5-20(18)28)26(34)32-13-22(33)30-21-11-8-16(27)12-19(21)25(32)15-6-9-17(29)10-7-15/h2-12,14,23-25,31H,13H2,1H3,(H,30,33). The summed E-state index contributed by atoms with van der Waals surface area (Å²) in [4.78, 5) is 34.4. The second-order valence-corrected chi connectivity index (χ2v) is 9.99. The first-order valence-electron chi connectivity index (χ1n) is 11.1. The van der Waals surface area contributed by atoms with Crippen molar-refractivity contribution in [2.24, 2.45) is 5.92 Å². The van der Waals surface area contributed by atoms with Gasteiger partial charge in [0.25, 0.3) is 0 Å². The molecule has 5 rings (SSSR count). The Hall–Kier alpha value is -2.78. The topological polar surface area (TPSA) is 70.7 Å². The van der Waals surface area contributed by atoms with E-state index in [-0.39, 0.29) is 24.2 Å². The van der Waals surface area contributed by atoms with Crippen molar-refractivity contribution in [2.45, 2.75) is 25.1 Å². The molecule has 9 heteroatoms. The molecule has 6 nitrogen and oxygen atoms in total. The van der Waals surface area contributed by atoms with E-state index in [1.165, 1.54) is 12.1 Å². The summed E-state index contributed by atoms with van der Waals surface area (Å²) < 4.78 is 14.6. The van der Waals surface area contributed by atoms with Crippen molar-refractivity contribution < 1.29 is 18.8 Å². The first-order valence-corrected chi connectivity index (χ1v) is 12.3. The number of rotatable bonds is 3. The maximum atomic E-state index is 14.2. The number of anilines is 1. The maximum Gasteiger partial charge on any atom is 0.244 e. The van der Waals surface area contributed by atoms with Crippen molar-refractivity contribution in [3.05, 3.63) is 98.7 Å². The van der Waals surface area contributed by atoms with Gasteiger partial charge in [-0.15, -0.1) is 0 Å². The van der Waals surface area contributed by atoms with Gasteiger partial charge in [0.05, 0.1) is 24.1 Å². The largest absolute Gasteiger partial charge is 0.324 e. The molecule has 0 spiro atoms. The Kier molecular flexibility index (Phi) is 6.63. The van der Waals surface area contributed by atoms with Crippen LogP contribution in [0.25, 0.3) is 0 Å². The monoisotopic (exact) mass is 557 g/mol. The fraction of sp³-hybridized carbons (Fsp3) is 0.231. The zero-order chi connectivity index (χ0) is 24.7. The molecule has 0 aliphatic carbocycles. The van der Waals surface area contributed by atoms with Crippen molar-refractivity contribution in [1.82, 2.24) is 10.4 Å². The van der Waals surface area contributed by atoms with Gasteiger partial charge in [-0.25, -0.2) is 4.39 Å². The molecule has 1 saturated heterocycles. The molecule has 35 heavy (non-hydrogen) atoms. The second kappa shape index (κ2) is 9.70. The van der Waals surface area contributed by atoms with E-state index in [0.29, 0.717) is 16.3 Å². The van der Waals surface area contributed by atoms with E-state index >= 15 is 0 Å². The fourth-order valence-electron chi connectivity index (χ4n) is 4.80. The third-order valence-electron chi connectivity index (χ3n) is 6.45. The highest BCUT2D eigenvalue weighted by molar-refractivity contribution is 9.10.